The summed E-state index contributed by atoms with van der Waals surface area (Å²) >= 11 is 0. The molecule has 0 fully saturated rings. The van der Waals surface area contributed by atoms with E-state index in [1.54, 1.807) is 23.8 Å². The van der Waals surface area contributed by atoms with Gasteiger partial charge in [-0.2, -0.15) is 14.6 Å². The zero-order valence-corrected chi connectivity index (χ0v) is 16.8. The predicted molar refractivity (Wildman–Crippen MR) is 105 cm³/mol. The van der Waals surface area contributed by atoms with Gasteiger partial charge in [0.1, 0.15) is 12.1 Å². The third kappa shape index (κ3) is 3.93. The first-order valence-corrected chi connectivity index (χ1v) is 10.3. The Morgan fingerprint density at radius 3 is 2.59 bits per heavy atom. The summed E-state index contributed by atoms with van der Waals surface area (Å²) in [6.45, 7) is 2.27. The Kier molecular flexibility index (Phi) is 5.43. The van der Waals surface area contributed by atoms with Gasteiger partial charge in [-0.25, -0.2) is 14.0 Å². The van der Waals surface area contributed by atoms with Crippen LogP contribution in [0.25, 0.3) is 5.78 Å². The van der Waals surface area contributed by atoms with Crippen molar-refractivity contribution in [3.8, 4) is 0 Å². The van der Waals surface area contributed by atoms with Gasteiger partial charge in [-0.1, -0.05) is 12.1 Å². The number of nitrogens with one attached hydrogen (secondary N) is 1. The summed E-state index contributed by atoms with van der Waals surface area (Å²) in [5, 5.41) is 4.29. The van der Waals surface area contributed by atoms with Crippen LogP contribution in [0.15, 0.2) is 35.5 Å². The highest BCUT2D eigenvalue weighted by molar-refractivity contribution is 7.92. The summed E-state index contributed by atoms with van der Waals surface area (Å²) in [5.74, 6) is 1.70. The minimum Gasteiger partial charge on any atom is -0.384 e. The van der Waals surface area contributed by atoms with Crippen molar-refractivity contribution in [1.29, 1.82) is 4.78 Å². The summed E-state index contributed by atoms with van der Waals surface area (Å²) in [6, 6.07) is 7.38. The summed E-state index contributed by atoms with van der Waals surface area (Å²) < 4.78 is 27.2. The Labute approximate surface area is 159 Å². The van der Waals surface area contributed by atoms with Gasteiger partial charge in [0.25, 0.3) is 5.78 Å². The van der Waals surface area contributed by atoms with E-state index in [1.807, 2.05) is 38.1 Å². The molecule has 3 rings (SSSR count). The third-order valence-corrected chi connectivity index (χ3v) is 6.16. The lowest BCUT2D eigenvalue weighted by Crippen LogP contribution is -2.18. The van der Waals surface area contributed by atoms with Crippen LogP contribution in [0.3, 0.4) is 0 Å². The molecule has 1 N–H and O–H groups in total. The van der Waals surface area contributed by atoms with Crippen molar-refractivity contribution in [3.05, 3.63) is 47.4 Å². The van der Waals surface area contributed by atoms with E-state index < -0.39 is 9.73 Å². The van der Waals surface area contributed by atoms with Crippen molar-refractivity contribution in [1.82, 2.24) is 19.6 Å². The van der Waals surface area contributed by atoms with Crippen LogP contribution in [0, 0.1) is 11.7 Å². The van der Waals surface area contributed by atoms with Crippen LogP contribution in [0.4, 0.5) is 5.82 Å². The van der Waals surface area contributed by atoms with E-state index in [1.165, 1.54) is 6.33 Å². The van der Waals surface area contributed by atoms with Crippen LogP contribution in [-0.2, 0) is 20.9 Å². The Balaban J connectivity index is 1.94. The first-order valence-electron chi connectivity index (χ1n) is 8.54. The third-order valence-electron chi connectivity index (χ3n) is 4.39. The van der Waals surface area contributed by atoms with Crippen molar-refractivity contribution in [2.45, 2.75) is 18.2 Å². The second kappa shape index (κ2) is 7.61. The summed E-state index contributed by atoms with van der Waals surface area (Å²) in [7, 11) is 2.65. The van der Waals surface area contributed by atoms with Crippen molar-refractivity contribution in [2.75, 3.05) is 38.5 Å². The maximum atomic E-state index is 12.5. The highest BCUT2D eigenvalue weighted by atomic mass is 32.2. The number of nitrogens with zero attached hydrogens (tertiary/aromatic N) is 5. The highest BCUT2D eigenvalue weighted by Crippen LogP contribution is 2.25. The average Bonchev–Trinajstić information content (AvgIpc) is 3.08. The molecule has 3 aromatic rings. The number of hydrogen-bond acceptors (Lipinski definition) is 7. The predicted octanol–water partition coefficient (Wildman–Crippen LogP) is 2.14. The maximum absolute atomic E-state index is 12.5. The number of methoxy groups -OCH3 is 1. The van der Waals surface area contributed by atoms with Crippen LogP contribution in [-0.4, -0.2) is 57.4 Å². The fourth-order valence-electron chi connectivity index (χ4n) is 2.98. The molecular weight excluding hydrogens is 364 g/mol. The van der Waals surface area contributed by atoms with E-state index >= 15 is 0 Å². The van der Waals surface area contributed by atoms with Crippen molar-refractivity contribution < 1.29 is 8.95 Å². The molecule has 0 saturated carbocycles. The Morgan fingerprint density at radius 2 is 1.96 bits per heavy atom. The first kappa shape index (κ1) is 19.2. The fraction of sp³-hybridized carbons (Fsp3) is 0.389. The Bertz CT molecular complexity index is 1040. The van der Waals surface area contributed by atoms with Gasteiger partial charge in [0.05, 0.1) is 22.1 Å². The number of hydrogen-bond donors (Lipinski definition) is 1. The van der Waals surface area contributed by atoms with E-state index in [2.05, 4.69) is 15.1 Å². The first-order chi connectivity index (χ1) is 12.8. The van der Waals surface area contributed by atoms with Gasteiger partial charge in [-0.3, -0.25) is 0 Å². The highest BCUT2D eigenvalue weighted by Gasteiger charge is 2.17. The molecular formula is C18H24N6O2S. The molecule has 0 aliphatic carbocycles. The van der Waals surface area contributed by atoms with Crippen LogP contribution in [0.5, 0.6) is 0 Å². The molecule has 0 bridgehead atoms. The molecule has 0 aliphatic rings. The molecule has 0 amide bonds. The lowest BCUT2D eigenvalue weighted by molar-refractivity contribution is 0.217. The van der Waals surface area contributed by atoms with E-state index in [0.717, 1.165) is 22.6 Å². The number of benzene rings is 1. The molecule has 0 spiro atoms. The summed E-state index contributed by atoms with van der Waals surface area (Å²) in [6.07, 6.45) is 2.15. The van der Waals surface area contributed by atoms with Gasteiger partial charge < -0.3 is 9.64 Å². The molecule has 1 atom stereocenters. The second-order valence-electron chi connectivity index (χ2n) is 6.56. The summed E-state index contributed by atoms with van der Waals surface area (Å²) in [4.78, 5) is 11.3. The molecule has 2 aromatic heterocycles. The van der Waals surface area contributed by atoms with Gasteiger partial charge in [0, 0.05) is 43.8 Å². The van der Waals surface area contributed by atoms with Gasteiger partial charge in [-0.05, 0) is 24.6 Å². The van der Waals surface area contributed by atoms with Crippen LogP contribution in [0.1, 0.15) is 16.8 Å². The van der Waals surface area contributed by atoms with E-state index in [-0.39, 0.29) is 5.75 Å². The number of anilines is 1. The van der Waals surface area contributed by atoms with Crippen LogP contribution in [0.2, 0.25) is 0 Å². The van der Waals surface area contributed by atoms with Crippen LogP contribution >= 0.6 is 0 Å². The molecule has 9 heteroatoms. The van der Waals surface area contributed by atoms with Gasteiger partial charge in [0.15, 0.2) is 0 Å². The van der Waals surface area contributed by atoms with E-state index in [9.17, 15) is 4.21 Å². The Hall–Kier alpha value is -2.52. The van der Waals surface area contributed by atoms with Gasteiger partial charge in [-0.15, -0.1) is 0 Å². The monoisotopic (exact) mass is 388 g/mol. The summed E-state index contributed by atoms with van der Waals surface area (Å²) in [5.41, 5.74) is 3.00. The molecule has 2 heterocycles. The SMILES string of the molecule is COCCS(=N)(=O)c1ccc(Cc2c(C)nc3ncnn3c2N(C)C)cc1. The Morgan fingerprint density at radius 1 is 1.26 bits per heavy atom. The number of aromatic nitrogens is 4. The maximum Gasteiger partial charge on any atom is 0.254 e. The number of ether oxygens (including phenoxy) is 1. The molecule has 0 saturated heterocycles. The standard InChI is InChI=1S/C18H24N6O2S/c1-13-16(17(23(2)3)24-18(22-13)20-12-21-24)11-14-5-7-15(8-6-14)27(19,25)10-9-26-4/h5-8,12,19H,9-11H2,1-4H3. The molecule has 0 aliphatic heterocycles. The number of aryl methyl sites for hydroxylation is 1. The zero-order valence-electron chi connectivity index (χ0n) is 16.0. The molecule has 1 aromatic carbocycles. The normalized spacial score (nSPS) is 13.6. The number of fused-ring (bicyclic) bond motifs is 1. The van der Waals surface area contributed by atoms with Crippen molar-refractivity contribution in [3.63, 3.8) is 0 Å². The minimum atomic E-state index is -2.83. The lowest BCUT2D eigenvalue weighted by Gasteiger charge is -2.20. The molecule has 1 unspecified atom stereocenters. The van der Waals surface area contributed by atoms with E-state index in [0.29, 0.717) is 23.7 Å². The van der Waals surface area contributed by atoms with Crippen molar-refractivity contribution in [2.24, 2.45) is 0 Å². The molecule has 0 radical (unpaired) electrons. The minimum absolute atomic E-state index is 0.194. The quantitative estimate of drug-likeness (QED) is 0.666. The number of rotatable bonds is 7. The smallest absolute Gasteiger partial charge is 0.254 e. The lowest BCUT2D eigenvalue weighted by atomic mass is 10.0. The van der Waals surface area contributed by atoms with Gasteiger partial charge in [0.2, 0.25) is 0 Å². The largest absolute Gasteiger partial charge is 0.384 e. The zero-order chi connectivity index (χ0) is 19.6. The van der Waals surface area contributed by atoms with Crippen molar-refractivity contribution >= 4 is 21.3 Å². The fourth-order valence-corrected chi connectivity index (χ4v) is 4.20. The molecule has 8 nitrogen and oxygen atoms in total. The topological polar surface area (TPSA) is 96.5 Å². The molecule has 144 valence electrons. The van der Waals surface area contributed by atoms with Crippen LogP contribution < -0.4 is 4.90 Å². The second-order valence-corrected chi connectivity index (χ2v) is 8.79. The average molecular weight is 388 g/mol. The van der Waals surface area contributed by atoms with Gasteiger partial charge >= 0.3 is 0 Å². The van der Waals surface area contributed by atoms with E-state index in [4.69, 9.17) is 9.52 Å². The molecule has 27 heavy (non-hydrogen) atoms.